The quantitative estimate of drug-likeness (QED) is 0.385. The van der Waals surface area contributed by atoms with Gasteiger partial charge in [0.1, 0.15) is 12.4 Å². The van der Waals surface area contributed by atoms with Gasteiger partial charge in [-0.15, -0.1) is 0 Å². The lowest BCUT2D eigenvalue weighted by molar-refractivity contribution is -0.534. The molecule has 0 aliphatic carbocycles. The van der Waals surface area contributed by atoms with Gasteiger partial charge in [-0.2, -0.15) is 5.26 Å². The molecule has 0 radical (unpaired) electrons. The van der Waals surface area contributed by atoms with Crippen LogP contribution in [0.2, 0.25) is 5.02 Å². The average Bonchev–Trinajstić information content (AvgIpc) is 3.56. The van der Waals surface area contributed by atoms with Gasteiger partial charge >= 0.3 is 0 Å². The summed E-state index contributed by atoms with van der Waals surface area (Å²) in [6.07, 6.45) is 1.61. The molecular formula is C28H23ClN4O4. The van der Waals surface area contributed by atoms with E-state index in [-0.39, 0.29) is 23.5 Å². The Bertz CT molecular complexity index is 1470. The topological polar surface area (TPSA) is 108 Å². The zero-order valence-electron chi connectivity index (χ0n) is 19.8. The number of benzene rings is 3. The standard InChI is InChI=1S/C28H23ClN4O4/c29-21-14-17(11-12-24(21)37-16-19-7-2-1-6-18(19)15-30)25-23-10-5-13-32(23)28(26(25)33(35)36)20-8-3-4-9-22(20)31-27(28)34/h1-4,6-9,11-12,14,23,25-26H,5,10,13,16H2,(H,31,34)/t23-,25+,26+,28+/m0/s1. The van der Waals surface area contributed by atoms with Gasteiger partial charge in [0.25, 0.3) is 11.9 Å². The fourth-order valence-corrected chi connectivity index (χ4v) is 6.77. The lowest BCUT2D eigenvalue weighted by Crippen LogP contribution is -2.55. The Kier molecular flexibility index (Phi) is 5.63. The maximum atomic E-state index is 13.6. The first-order valence-corrected chi connectivity index (χ1v) is 12.6. The summed E-state index contributed by atoms with van der Waals surface area (Å²) in [7, 11) is 0. The Balaban J connectivity index is 1.37. The molecule has 37 heavy (non-hydrogen) atoms. The van der Waals surface area contributed by atoms with Crippen LogP contribution >= 0.6 is 11.6 Å². The molecule has 0 unspecified atom stereocenters. The molecule has 4 atom stereocenters. The minimum absolute atomic E-state index is 0.167. The first-order chi connectivity index (χ1) is 18.0. The molecule has 3 aliphatic heterocycles. The monoisotopic (exact) mass is 514 g/mol. The number of amides is 1. The van der Waals surface area contributed by atoms with E-state index in [2.05, 4.69) is 11.4 Å². The molecule has 0 bridgehead atoms. The SMILES string of the molecule is N#Cc1ccccc1COc1ccc([C@@H]2[C@@H]3CCCN3[C@@]3(C(=O)Nc4ccccc43)[C@@H]2[N+](=O)[O-])cc1Cl. The third-order valence-electron chi connectivity index (χ3n) is 7.96. The maximum absolute atomic E-state index is 13.6. The van der Waals surface area contributed by atoms with Crippen molar-refractivity contribution in [2.45, 2.75) is 43.0 Å². The van der Waals surface area contributed by atoms with Crippen molar-refractivity contribution in [1.29, 1.82) is 5.26 Å². The van der Waals surface area contributed by atoms with Crippen LogP contribution in [0.15, 0.2) is 66.7 Å². The molecule has 8 nitrogen and oxygen atoms in total. The van der Waals surface area contributed by atoms with Gasteiger partial charge in [0, 0.05) is 34.3 Å². The molecule has 3 aliphatic rings. The highest BCUT2D eigenvalue weighted by atomic mass is 35.5. The van der Waals surface area contributed by atoms with Gasteiger partial charge in [-0.05, 0) is 42.7 Å². The van der Waals surface area contributed by atoms with Crippen LogP contribution in [-0.2, 0) is 16.9 Å². The second kappa shape index (κ2) is 8.87. The van der Waals surface area contributed by atoms with Crippen LogP contribution in [0, 0.1) is 21.4 Å². The summed E-state index contributed by atoms with van der Waals surface area (Å²) in [5, 5.41) is 25.3. The van der Waals surface area contributed by atoms with Gasteiger partial charge in [-0.1, -0.05) is 54.1 Å². The summed E-state index contributed by atoms with van der Waals surface area (Å²) in [6, 6.07) is 20.5. The summed E-state index contributed by atoms with van der Waals surface area (Å²) in [4.78, 5) is 28.0. The van der Waals surface area contributed by atoms with Crippen molar-refractivity contribution in [3.05, 3.63) is 104 Å². The molecular weight excluding hydrogens is 492 g/mol. The highest BCUT2D eigenvalue weighted by molar-refractivity contribution is 6.32. The Morgan fingerprint density at radius 3 is 2.76 bits per heavy atom. The van der Waals surface area contributed by atoms with Crippen LogP contribution in [0.5, 0.6) is 5.75 Å². The number of nitro groups is 1. The zero-order valence-corrected chi connectivity index (χ0v) is 20.5. The number of carbonyl (C=O) groups is 1. The largest absolute Gasteiger partial charge is 0.487 e. The molecule has 6 rings (SSSR count). The van der Waals surface area contributed by atoms with Gasteiger partial charge in [0.15, 0.2) is 5.54 Å². The first kappa shape index (κ1) is 23.5. The number of rotatable bonds is 5. The van der Waals surface area contributed by atoms with Crippen molar-refractivity contribution < 1.29 is 14.5 Å². The number of para-hydroxylation sites is 1. The van der Waals surface area contributed by atoms with E-state index in [1.54, 1.807) is 30.3 Å². The van der Waals surface area contributed by atoms with Crippen molar-refractivity contribution in [1.82, 2.24) is 4.90 Å². The molecule has 2 saturated heterocycles. The molecule has 186 valence electrons. The number of halogens is 1. The van der Waals surface area contributed by atoms with E-state index in [0.29, 0.717) is 39.7 Å². The zero-order chi connectivity index (χ0) is 25.7. The van der Waals surface area contributed by atoms with Crippen LogP contribution in [0.4, 0.5) is 5.69 Å². The number of ether oxygens (including phenoxy) is 1. The summed E-state index contributed by atoms with van der Waals surface area (Å²) in [5.74, 6) is -0.442. The molecule has 0 aromatic heterocycles. The molecule has 3 aromatic carbocycles. The fourth-order valence-electron chi connectivity index (χ4n) is 6.53. The second-order valence-electron chi connectivity index (χ2n) is 9.67. The highest BCUT2D eigenvalue weighted by Crippen LogP contribution is 2.58. The van der Waals surface area contributed by atoms with Gasteiger partial charge < -0.3 is 10.1 Å². The van der Waals surface area contributed by atoms with Crippen molar-refractivity contribution >= 4 is 23.2 Å². The molecule has 2 fully saturated rings. The highest BCUT2D eigenvalue weighted by Gasteiger charge is 2.73. The van der Waals surface area contributed by atoms with E-state index in [1.807, 2.05) is 41.3 Å². The van der Waals surface area contributed by atoms with E-state index in [9.17, 15) is 20.2 Å². The van der Waals surface area contributed by atoms with Crippen molar-refractivity contribution in [3.8, 4) is 11.8 Å². The molecule has 1 N–H and O–H groups in total. The van der Waals surface area contributed by atoms with Crippen molar-refractivity contribution in [2.75, 3.05) is 11.9 Å². The number of nitrogens with one attached hydrogen (secondary N) is 1. The van der Waals surface area contributed by atoms with E-state index < -0.39 is 17.5 Å². The van der Waals surface area contributed by atoms with Gasteiger partial charge in [-0.3, -0.25) is 19.8 Å². The van der Waals surface area contributed by atoms with Gasteiger partial charge in [-0.25, -0.2) is 0 Å². The second-order valence-corrected chi connectivity index (χ2v) is 10.1. The summed E-state index contributed by atoms with van der Waals surface area (Å²) in [6.45, 7) is 0.778. The molecule has 9 heteroatoms. The van der Waals surface area contributed by atoms with E-state index in [1.165, 1.54) is 0 Å². The van der Waals surface area contributed by atoms with Crippen molar-refractivity contribution in [3.63, 3.8) is 0 Å². The third-order valence-corrected chi connectivity index (χ3v) is 8.25. The minimum Gasteiger partial charge on any atom is -0.487 e. The predicted molar refractivity (Wildman–Crippen MR) is 137 cm³/mol. The van der Waals surface area contributed by atoms with E-state index in [0.717, 1.165) is 18.4 Å². The van der Waals surface area contributed by atoms with Crippen LogP contribution in [0.1, 0.15) is 41.0 Å². The fraction of sp³-hybridized carbons (Fsp3) is 0.286. The number of anilines is 1. The normalized spacial score (nSPS) is 25.9. The number of carbonyl (C=O) groups excluding carboxylic acids is 1. The number of fused-ring (bicyclic) bond motifs is 4. The Morgan fingerprint density at radius 2 is 1.97 bits per heavy atom. The molecule has 1 amide bonds. The third kappa shape index (κ3) is 3.42. The summed E-state index contributed by atoms with van der Waals surface area (Å²) < 4.78 is 5.91. The molecule has 1 spiro atoms. The lowest BCUT2D eigenvalue weighted by atomic mass is 9.77. The van der Waals surface area contributed by atoms with Crippen LogP contribution in [-0.4, -0.2) is 34.4 Å². The smallest absolute Gasteiger partial charge is 0.256 e. The summed E-state index contributed by atoms with van der Waals surface area (Å²) in [5.41, 5.74) is 1.90. The Labute approximate surface area is 218 Å². The molecule has 0 saturated carbocycles. The van der Waals surface area contributed by atoms with Crippen molar-refractivity contribution in [2.24, 2.45) is 0 Å². The van der Waals surface area contributed by atoms with Gasteiger partial charge in [0.05, 0.1) is 22.6 Å². The Hall–Kier alpha value is -3.93. The average molecular weight is 515 g/mol. The first-order valence-electron chi connectivity index (χ1n) is 12.2. The number of hydrogen-bond donors (Lipinski definition) is 1. The Morgan fingerprint density at radius 1 is 1.19 bits per heavy atom. The molecule has 3 aromatic rings. The molecule has 3 heterocycles. The number of nitrogens with zero attached hydrogens (tertiary/aromatic N) is 3. The lowest BCUT2D eigenvalue weighted by Gasteiger charge is -2.32. The van der Waals surface area contributed by atoms with Crippen LogP contribution in [0.3, 0.4) is 0 Å². The minimum atomic E-state index is -1.37. The number of hydrogen-bond acceptors (Lipinski definition) is 6. The predicted octanol–water partition coefficient (Wildman–Crippen LogP) is 4.85. The van der Waals surface area contributed by atoms with Gasteiger partial charge in [0.2, 0.25) is 0 Å². The van der Waals surface area contributed by atoms with Crippen LogP contribution < -0.4 is 10.1 Å². The maximum Gasteiger partial charge on any atom is 0.256 e. The summed E-state index contributed by atoms with van der Waals surface area (Å²) >= 11 is 6.63. The van der Waals surface area contributed by atoms with E-state index >= 15 is 0 Å². The van der Waals surface area contributed by atoms with E-state index in [4.69, 9.17) is 16.3 Å². The van der Waals surface area contributed by atoms with Crippen LogP contribution in [0.25, 0.3) is 0 Å². The number of nitriles is 1.